The number of hydrogen-bond donors (Lipinski definition) is 1. The van der Waals surface area contributed by atoms with Crippen LogP contribution in [-0.2, 0) is 9.59 Å². The molecule has 1 aromatic heterocycles. The van der Waals surface area contributed by atoms with Crippen molar-refractivity contribution in [3.05, 3.63) is 28.5 Å². The third-order valence-corrected chi connectivity index (χ3v) is 3.53. The highest BCUT2D eigenvalue weighted by atomic mass is 35.5. The van der Waals surface area contributed by atoms with Gasteiger partial charge in [0.05, 0.1) is 0 Å². The molecular weight excluding hydrogens is 294 g/mol. The molecule has 0 aromatic carbocycles. The van der Waals surface area contributed by atoms with Crippen LogP contribution >= 0.6 is 11.6 Å². The van der Waals surface area contributed by atoms with Crippen LogP contribution in [0.15, 0.2) is 12.1 Å². The number of aromatic nitrogens is 1. The number of hydrogen-bond acceptors (Lipinski definition) is 4. The number of piperazine rings is 1. The molecule has 21 heavy (non-hydrogen) atoms. The van der Waals surface area contributed by atoms with E-state index in [2.05, 4.69) is 10.3 Å². The van der Waals surface area contributed by atoms with Crippen LogP contribution in [0.5, 0.6) is 0 Å². The predicted molar refractivity (Wildman–Crippen MR) is 77.0 cm³/mol. The van der Waals surface area contributed by atoms with Crippen LogP contribution in [-0.4, -0.2) is 40.2 Å². The molecule has 1 saturated heterocycles. The van der Waals surface area contributed by atoms with Gasteiger partial charge in [-0.25, -0.2) is 4.98 Å². The van der Waals surface area contributed by atoms with Gasteiger partial charge >= 0.3 is 0 Å². The van der Waals surface area contributed by atoms with Crippen molar-refractivity contribution in [2.75, 3.05) is 6.54 Å². The van der Waals surface area contributed by atoms with Crippen molar-refractivity contribution in [1.29, 1.82) is 0 Å². The molecule has 6 nitrogen and oxygen atoms in total. The number of amides is 3. The summed E-state index contributed by atoms with van der Waals surface area (Å²) in [6, 6.07) is 2.38. The first-order valence-corrected chi connectivity index (χ1v) is 6.99. The van der Waals surface area contributed by atoms with Crippen molar-refractivity contribution >= 4 is 29.3 Å². The Kier molecular flexibility index (Phi) is 4.27. The maximum absolute atomic E-state index is 12.5. The summed E-state index contributed by atoms with van der Waals surface area (Å²) in [5.74, 6) is -1.27. The van der Waals surface area contributed by atoms with Gasteiger partial charge in [-0.3, -0.25) is 19.7 Å². The lowest BCUT2D eigenvalue weighted by molar-refractivity contribution is -0.138. The molecule has 1 fully saturated rings. The molecule has 1 aliphatic heterocycles. The van der Waals surface area contributed by atoms with Crippen molar-refractivity contribution in [2.45, 2.75) is 32.7 Å². The van der Waals surface area contributed by atoms with E-state index in [-0.39, 0.29) is 17.6 Å². The van der Waals surface area contributed by atoms with Crippen LogP contribution in [0.3, 0.4) is 0 Å². The normalized spacial score (nSPS) is 18.9. The van der Waals surface area contributed by atoms with Crippen molar-refractivity contribution in [2.24, 2.45) is 0 Å². The number of halogens is 1. The highest BCUT2D eigenvalue weighted by Gasteiger charge is 2.34. The molecule has 112 valence electrons. The topological polar surface area (TPSA) is 79.4 Å². The van der Waals surface area contributed by atoms with Crippen molar-refractivity contribution in [3.8, 4) is 0 Å². The third kappa shape index (κ3) is 3.21. The van der Waals surface area contributed by atoms with E-state index >= 15 is 0 Å². The molecule has 1 aromatic rings. The zero-order valence-electron chi connectivity index (χ0n) is 12.0. The standard InChI is InChI=1S/C14H16ClN3O3/c1-7(2)10-4-9(5-11(15)16-10)14(21)18-6-12(19)17-13(20)8(18)3/h4-5,7-8H,6H2,1-3H3,(H,17,19,20). The van der Waals surface area contributed by atoms with E-state index in [0.29, 0.717) is 11.3 Å². The van der Waals surface area contributed by atoms with Crippen LogP contribution in [0.1, 0.15) is 42.7 Å². The lowest BCUT2D eigenvalue weighted by Crippen LogP contribution is -2.58. The van der Waals surface area contributed by atoms with Gasteiger partial charge in [-0.2, -0.15) is 0 Å². The van der Waals surface area contributed by atoms with Crippen LogP contribution in [0.4, 0.5) is 0 Å². The summed E-state index contributed by atoms with van der Waals surface area (Å²) in [6.07, 6.45) is 0. The molecule has 3 amide bonds. The third-order valence-electron chi connectivity index (χ3n) is 3.34. The van der Waals surface area contributed by atoms with Crippen molar-refractivity contribution in [3.63, 3.8) is 0 Å². The van der Waals surface area contributed by atoms with E-state index in [9.17, 15) is 14.4 Å². The predicted octanol–water partition coefficient (Wildman–Crippen LogP) is 1.35. The molecule has 1 unspecified atom stereocenters. The Bertz CT molecular complexity index is 615. The Morgan fingerprint density at radius 3 is 2.71 bits per heavy atom. The van der Waals surface area contributed by atoms with Crippen LogP contribution in [0.2, 0.25) is 5.15 Å². The molecule has 1 atom stereocenters. The highest BCUT2D eigenvalue weighted by molar-refractivity contribution is 6.29. The van der Waals surface area contributed by atoms with Gasteiger partial charge in [0.25, 0.3) is 5.91 Å². The van der Waals surface area contributed by atoms with Gasteiger partial charge in [-0.15, -0.1) is 0 Å². The van der Waals surface area contributed by atoms with Gasteiger partial charge in [0.15, 0.2) is 0 Å². The molecule has 2 heterocycles. The second-order valence-corrected chi connectivity index (χ2v) is 5.67. The van der Waals surface area contributed by atoms with E-state index in [4.69, 9.17) is 11.6 Å². The first-order chi connectivity index (χ1) is 9.79. The number of nitrogens with one attached hydrogen (secondary N) is 1. The zero-order chi connectivity index (χ0) is 15.7. The fourth-order valence-corrected chi connectivity index (χ4v) is 2.28. The summed E-state index contributed by atoms with van der Waals surface area (Å²) >= 11 is 5.94. The quantitative estimate of drug-likeness (QED) is 0.660. The zero-order valence-corrected chi connectivity index (χ0v) is 12.8. The van der Waals surface area contributed by atoms with E-state index in [1.807, 2.05) is 13.8 Å². The molecule has 7 heteroatoms. The van der Waals surface area contributed by atoms with Crippen LogP contribution in [0.25, 0.3) is 0 Å². The number of rotatable bonds is 2. The molecule has 1 N–H and O–H groups in total. The van der Waals surface area contributed by atoms with Crippen molar-refractivity contribution < 1.29 is 14.4 Å². The van der Waals surface area contributed by atoms with Crippen molar-refractivity contribution in [1.82, 2.24) is 15.2 Å². The largest absolute Gasteiger partial charge is 0.318 e. The van der Waals surface area contributed by atoms with Gasteiger partial charge in [-0.05, 0) is 25.0 Å². The minimum atomic E-state index is -0.704. The minimum Gasteiger partial charge on any atom is -0.318 e. The Labute approximate surface area is 127 Å². The van der Waals surface area contributed by atoms with Gasteiger partial charge in [-0.1, -0.05) is 25.4 Å². The molecular formula is C14H16ClN3O3. The van der Waals surface area contributed by atoms with Gasteiger partial charge in [0.2, 0.25) is 11.8 Å². The smallest absolute Gasteiger partial charge is 0.255 e. The average Bonchev–Trinajstić information content (AvgIpc) is 2.41. The summed E-state index contributed by atoms with van der Waals surface area (Å²) < 4.78 is 0. The van der Waals surface area contributed by atoms with E-state index in [1.54, 1.807) is 13.0 Å². The Balaban J connectivity index is 2.35. The molecule has 1 aliphatic rings. The first kappa shape index (κ1) is 15.4. The molecule has 0 bridgehead atoms. The fourth-order valence-electron chi connectivity index (χ4n) is 2.06. The van der Waals surface area contributed by atoms with Gasteiger partial charge in [0.1, 0.15) is 17.7 Å². The maximum Gasteiger partial charge on any atom is 0.255 e. The summed E-state index contributed by atoms with van der Waals surface area (Å²) in [6.45, 7) is 5.30. The number of carbonyl (C=O) groups excluding carboxylic acids is 3. The lowest BCUT2D eigenvalue weighted by atomic mass is 10.1. The summed E-state index contributed by atoms with van der Waals surface area (Å²) in [4.78, 5) is 41.0. The highest BCUT2D eigenvalue weighted by Crippen LogP contribution is 2.20. The number of pyridine rings is 1. The second kappa shape index (κ2) is 5.81. The monoisotopic (exact) mass is 309 g/mol. The second-order valence-electron chi connectivity index (χ2n) is 5.28. The summed E-state index contributed by atoms with van der Waals surface area (Å²) in [5, 5.41) is 2.41. The minimum absolute atomic E-state index is 0.110. The van der Waals surface area contributed by atoms with Crippen LogP contribution in [0, 0.1) is 0 Å². The molecule has 0 aliphatic carbocycles. The van der Waals surface area contributed by atoms with Gasteiger partial charge in [0, 0.05) is 11.3 Å². The summed E-state index contributed by atoms with van der Waals surface area (Å²) in [7, 11) is 0. The molecule has 0 spiro atoms. The lowest BCUT2D eigenvalue weighted by Gasteiger charge is -2.31. The van der Waals surface area contributed by atoms with E-state index in [0.717, 1.165) is 0 Å². The van der Waals surface area contributed by atoms with E-state index < -0.39 is 23.8 Å². The molecule has 0 radical (unpaired) electrons. The van der Waals surface area contributed by atoms with E-state index in [1.165, 1.54) is 11.0 Å². The maximum atomic E-state index is 12.5. The Morgan fingerprint density at radius 1 is 1.43 bits per heavy atom. The van der Waals surface area contributed by atoms with Gasteiger partial charge < -0.3 is 4.90 Å². The molecule has 0 saturated carbocycles. The average molecular weight is 310 g/mol. The number of nitrogens with zero attached hydrogens (tertiary/aromatic N) is 2. The fraction of sp³-hybridized carbons (Fsp3) is 0.429. The first-order valence-electron chi connectivity index (χ1n) is 6.61. The molecule has 2 rings (SSSR count). The SMILES string of the molecule is CC(C)c1cc(C(=O)N2CC(=O)NC(=O)C2C)cc(Cl)n1. The summed E-state index contributed by atoms with van der Waals surface area (Å²) in [5.41, 5.74) is 1.01. The Hall–Kier alpha value is -1.95. The van der Waals surface area contributed by atoms with Crippen LogP contribution < -0.4 is 5.32 Å². The Morgan fingerprint density at radius 2 is 2.10 bits per heavy atom. The number of imide groups is 1. The number of carbonyl (C=O) groups is 3.